The molecule has 4 rings (SSSR count). The molecular formula is C24H25N3O2. The highest BCUT2D eigenvalue weighted by Gasteiger charge is 2.20. The molecule has 1 fully saturated rings. The van der Waals surface area contributed by atoms with Crippen LogP contribution >= 0.6 is 0 Å². The fraction of sp³-hybridized carbons (Fsp3) is 0.250. The van der Waals surface area contributed by atoms with Crippen LogP contribution < -0.4 is 0 Å². The van der Waals surface area contributed by atoms with Crippen molar-refractivity contribution in [2.24, 2.45) is 0 Å². The molecule has 0 aliphatic carbocycles. The highest BCUT2D eigenvalue weighted by Crippen LogP contribution is 2.26. The number of carbonyl (C=O) groups excluding carboxylic acids is 1. The summed E-state index contributed by atoms with van der Waals surface area (Å²) in [6, 6.07) is 15.6. The fourth-order valence-corrected chi connectivity index (χ4v) is 3.76. The first-order chi connectivity index (χ1) is 14.1. The van der Waals surface area contributed by atoms with Crippen LogP contribution in [0.5, 0.6) is 5.75 Å². The molecular weight excluding hydrogens is 362 g/mol. The first-order valence-corrected chi connectivity index (χ1v) is 9.92. The Balaban J connectivity index is 1.37. The standard InChI is InChI=1S/C24H25N3O2/c1-18-5-2-3-6-19(18)9-11-23(29)27-15-13-26(14-16-27)17-20-8-10-22(28)24-21(20)7-4-12-25-24/h2-12,28H,13-17H2,1H3/b11-9+. The molecule has 0 bridgehead atoms. The SMILES string of the molecule is Cc1ccccc1/C=C/C(=O)N1CCN(Cc2ccc(O)c3ncccc23)CC1. The van der Waals surface area contributed by atoms with Gasteiger partial charge in [0.15, 0.2) is 0 Å². The number of fused-ring (bicyclic) bond motifs is 1. The van der Waals surface area contributed by atoms with E-state index < -0.39 is 0 Å². The van der Waals surface area contributed by atoms with Gasteiger partial charge >= 0.3 is 0 Å². The zero-order valence-electron chi connectivity index (χ0n) is 16.6. The number of benzene rings is 2. The predicted molar refractivity (Wildman–Crippen MR) is 115 cm³/mol. The van der Waals surface area contributed by atoms with Crippen molar-refractivity contribution in [2.75, 3.05) is 26.2 Å². The number of rotatable bonds is 4. The van der Waals surface area contributed by atoms with E-state index in [9.17, 15) is 9.90 Å². The minimum atomic E-state index is 0.0622. The van der Waals surface area contributed by atoms with Gasteiger partial charge in [-0.25, -0.2) is 0 Å². The first kappa shape index (κ1) is 19.2. The van der Waals surface area contributed by atoms with Crippen LogP contribution in [0.1, 0.15) is 16.7 Å². The van der Waals surface area contributed by atoms with Gasteiger partial charge in [0.05, 0.1) is 0 Å². The summed E-state index contributed by atoms with van der Waals surface area (Å²) in [7, 11) is 0. The second-order valence-corrected chi connectivity index (χ2v) is 7.43. The topological polar surface area (TPSA) is 56.7 Å². The molecule has 0 atom stereocenters. The van der Waals surface area contributed by atoms with Crippen LogP contribution in [0, 0.1) is 6.92 Å². The van der Waals surface area contributed by atoms with Crippen molar-refractivity contribution >= 4 is 22.9 Å². The van der Waals surface area contributed by atoms with Crippen molar-refractivity contribution in [2.45, 2.75) is 13.5 Å². The maximum absolute atomic E-state index is 12.5. The van der Waals surface area contributed by atoms with Crippen molar-refractivity contribution in [1.82, 2.24) is 14.8 Å². The molecule has 1 N–H and O–H groups in total. The van der Waals surface area contributed by atoms with E-state index in [-0.39, 0.29) is 11.7 Å². The third-order valence-corrected chi connectivity index (χ3v) is 5.51. The van der Waals surface area contributed by atoms with Crippen molar-refractivity contribution in [3.63, 3.8) is 0 Å². The summed E-state index contributed by atoms with van der Waals surface area (Å²) >= 11 is 0. The molecule has 3 aromatic rings. The van der Waals surface area contributed by atoms with Gasteiger partial charge in [-0.15, -0.1) is 0 Å². The lowest BCUT2D eigenvalue weighted by molar-refractivity contribution is -0.127. The van der Waals surface area contributed by atoms with E-state index in [0.717, 1.165) is 41.7 Å². The number of hydrogen-bond acceptors (Lipinski definition) is 4. The molecule has 1 saturated heterocycles. The molecule has 0 spiro atoms. The van der Waals surface area contributed by atoms with Gasteiger partial charge in [-0.2, -0.15) is 0 Å². The summed E-state index contributed by atoms with van der Waals surface area (Å²) < 4.78 is 0. The Hall–Kier alpha value is -3.18. The summed E-state index contributed by atoms with van der Waals surface area (Å²) in [6.07, 6.45) is 5.28. The fourth-order valence-electron chi connectivity index (χ4n) is 3.76. The Labute approximate surface area is 170 Å². The molecule has 0 unspecified atom stereocenters. The van der Waals surface area contributed by atoms with Crippen LogP contribution in [-0.2, 0) is 11.3 Å². The quantitative estimate of drug-likeness (QED) is 0.695. The van der Waals surface area contributed by atoms with E-state index in [2.05, 4.69) is 9.88 Å². The number of amides is 1. The highest BCUT2D eigenvalue weighted by atomic mass is 16.3. The second kappa shape index (κ2) is 8.45. The summed E-state index contributed by atoms with van der Waals surface area (Å²) in [4.78, 5) is 21.1. The van der Waals surface area contributed by atoms with Crippen LogP contribution in [-0.4, -0.2) is 52.0 Å². The smallest absolute Gasteiger partial charge is 0.246 e. The number of hydrogen-bond donors (Lipinski definition) is 1. The number of aromatic nitrogens is 1. The van der Waals surface area contributed by atoms with Gasteiger partial charge in [0, 0.05) is 50.4 Å². The molecule has 2 aromatic carbocycles. The van der Waals surface area contributed by atoms with Crippen molar-refractivity contribution in [3.8, 4) is 5.75 Å². The molecule has 5 heteroatoms. The molecule has 2 heterocycles. The van der Waals surface area contributed by atoms with Gasteiger partial charge in [-0.3, -0.25) is 14.7 Å². The molecule has 148 valence electrons. The normalized spacial score (nSPS) is 15.3. The number of carbonyl (C=O) groups is 1. The molecule has 1 amide bonds. The predicted octanol–water partition coefficient (Wildman–Crippen LogP) is 3.61. The maximum Gasteiger partial charge on any atom is 0.246 e. The van der Waals surface area contributed by atoms with Gasteiger partial charge in [-0.05, 0) is 41.8 Å². The Morgan fingerprint density at radius 3 is 2.66 bits per heavy atom. The third kappa shape index (κ3) is 4.30. The van der Waals surface area contributed by atoms with Gasteiger partial charge < -0.3 is 10.0 Å². The number of aryl methyl sites for hydroxylation is 1. The molecule has 1 aliphatic rings. The molecule has 0 radical (unpaired) electrons. The number of pyridine rings is 1. The van der Waals surface area contributed by atoms with E-state index in [1.54, 1.807) is 18.3 Å². The monoisotopic (exact) mass is 387 g/mol. The van der Waals surface area contributed by atoms with Crippen molar-refractivity contribution < 1.29 is 9.90 Å². The first-order valence-electron chi connectivity index (χ1n) is 9.92. The van der Waals surface area contributed by atoms with E-state index in [4.69, 9.17) is 0 Å². The summed E-state index contributed by atoms with van der Waals surface area (Å²) in [5.41, 5.74) is 4.02. The highest BCUT2D eigenvalue weighted by molar-refractivity contribution is 5.92. The molecule has 1 aromatic heterocycles. The minimum Gasteiger partial charge on any atom is -0.506 e. The lowest BCUT2D eigenvalue weighted by Gasteiger charge is -2.34. The lowest BCUT2D eigenvalue weighted by Crippen LogP contribution is -2.47. The summed E-state index contributed by atoms with van der Waals surface area (Å²) in [5, 5.41) is 11.0. The van der Waals surface area contributed by atoms with Gasteiger partial charge in [-0.1, -0.05) is 36.4 Å². The summed E-state index contributed by atoms with van der Waals surface area (Å²) in [5.74, 6) is 0.271. The Kier molecular flexibility index (Phi) is 5.58. The van der Waals surface area contributed by atoms with Crippen LogP contribution in [0.15, 0.2) is 60.8 Å². The average Bonchev–Trinajstić information content (AvgIpc) is 2.76. The van der Waals surface area contributed by atoms with E-state index in [0.29, 0.717) is 18.6 Å². The maximum atomic E-state index is 12.5. The zero-order chi connectivity index (χ0) is 20.2. The van der Waals surface area contributed by atoms with E-state index in [1.165, 1.54) is 0 Å². The van der Waals surface area contributed by atoms with Crippen molar-refractivity contribution in [1.29, 1.82) is 0 Å². The molecule has 29 heavy (non-hydrogen) atoms. The molecule has 5 nitrogen and oxygen atoms in total. The van der Waals surface area contributed by atoms with Gasteiger partial charge in [0.2, 0.25) is 5.91 Å². The number of aromatic hydroxyl groups is 1. The van der Waals surface area contributed by atoms with E-state index in [1.807, 2.05) is 60.4 Å². The molecule has 1 aliphatic heterocycles. The Morgan fingerprint density at radius 2 is 1.86 bits per heavy atom. The Bertz CT molecular complexity index is 1050. The zero-order valence-corrected chi connectivity index (χ0v) is 16.6. The largest absolute Gasteiger partial charge is 0.506 e. The minimum absolute atomic E-state index is 0.0622. The van der Waals surface area contributed by atoms with Crippen LogP contribution in [0.2, 0.25) is 0 Å². The van der Waals surface area contributed by atoms with Crippen molar-refractivity contribution in [3.05, 3.63) is 77.5 Å². The number of nitrogens with zero attached hydrogens (tertiary/aromatic N) is 3. The van der Waals surface area contributed by atoms with Gasteiger partial charge in [0.1, 0.15) is 11.3 Å². The Morgan fingerprint density at radius 1 is 1.07 bits per heavy atom. The van der Waals surface area contributed by atoms with Crippen LogP contribution in [0.25, 0.3) is 17.0 Å². The third-order valence-electron chi connectivity index (χ3n) is 5.51. The average molecular weight is 387 g/mol. The molecule has 0 saturated carbocycles. The second-order valence-electron chi connectivity index (χ2n) is 7.43. The van der Waals surface area contributed by atoms with Gasteiger partial charge in [0.25, 0.3) is 0 Å². The number of phenolic OH excluding ortho intramolecular Hbond substituents is 1. The van der Waals surface area contributed by atoms with Crippen LogP contribution in [0.4, 0.5) is 0 Å². The van der Waals surface area contributed by atoms with Crippen LogP contribution in [0.3, 0.4) is 0 Å². The number of phenols is 1. The lowest BCUT2D eigenvalue weighted by atomic mass is 10.1. The van der Waals surface area contributed by atoms with E-state index >= 15 is 0 Å². The summed E-state index contributed by atoms with van der Waals surface area (Å²) in [6.45, 7) is 5.91. The number of piperazine rings is 1.